The van der Waals surface area contributed by atoms with E-state index >= 15 is 0 Å². The number of amides is 2. The minimum absolute atomic E-state index is 0.0821. The van der Waals surface area contributed by atoms with Gasteiger partial charge in [-0.25, -0.2) is 0 Å². The molecule has 0 unspecified atom stereocenters. The van der Waals surface area contributed by atoms with Crippen molar-refractivity contribution in [3.8, 4) is 0 Å². The molecule has 29 heavy (non-hydrogen) atoms. The summed E-state index contributed by atoms with van der Waals surface area (Å²) in [6, 6.07) is 14.9. The molecule has 1 atom stereocenters. The number of nitrogens with one attached hydrogen (secondary N) is 2. The molecule has 1 fully saturated rings. The van der Waals surface area contributed by atoms with Crippen LogP contribution in [-0.4, -0.2) is 35.8 Å². The Kier molecular flexibility index (Phi) is 7.42. The highest BCUT2D eigenvalue weighted by molar-refractivity contribution is 6.09. The Bertz CT molecular complexity index is 826. The van der Waals surface area contributed by atoms with Crippen LogP contribution in [0.25, 0.3) is 0 Å². The standard InChI is InChI=1S/C24H31N3O2/c1-3-18(2)25-24(29)21-9-5-6-10-22(21)26-23(28)20-13-11-19(12-14-20)17-27-15-7-4-8-16-27/h5-6,9-14,18H,3-4,7-8,15-17H2,1-2H3,(H,25,29)(H,26,28)/t18-/m1/s1. The van der Waals surface area contributed by atoms with Gasteiger partial charge in [-0.15, -0.1) is 0 Å². The minimum Gasteiger partial charge on any atom is -0.350 e. The van der Waals surface area contributed by atoms with E-state index in [0.29, 0.717) is 16.8 Å². The Morgan fingerprint density at radius 2 is 1.66 bits per heavy atom. The topological polar surface area (TPSA) is 61.4 Å². The largest absolute Gasteiger partial charge is 0.350 e. The van der Waals surface area contributed by atoms with Crippen molar-refractivity contribution in [2.75, 3.05) is 18.4 Å². The molecule has 2 N–H and O–H groups in total. The lowest BCUT2D eigenvalue weighted by atomic mass is 10.1. The predicted molar refractivity (Wildman–Crippen MR) is 117 cm³/mol. The number of likely N-dealkylation sites (tertiary alicyclic amines) is 1. The van der Waals surface area contributed by atoms with Crippen molar-refractivity contribution in [3.05, 3.63) is 65.2 Å². The quantitative estimate of drug-likeness (QED) is 0.730. The Morgan fingerprint density at radius 1 is 0.966 bits per heavy atom. The maximum absolute atomic E-state index is 12.7. The molecule has 2 aromatic carbocycles. The first-order valence-electron chi connectivity index (χ1n) is 10.6. The van der Waals surface area contributed by atoms with Gasteiger partial charge in [0.2, 0.25) is 0 Å². The zero-order valence-electron chi connectivity index (χ0n) is 17.4. The van der Waals surface area contributed by atoms with Gasteiger partial charge >= 0.3 is 0 Å². The highest BCUT2D eigenvalue weighted by Gasteiger charge is 2.16. The fourth-order valence-corrected chi connectivity index (χ4v) is 3.53. The normalized spacial score (nSPS) is 15.5. The SMILES string of the molecule is CC[C@@H](C)NC(=O)c1ccccc1NC(=O)c1ccc(CN2CCCCC2)cc1. The molecule has 5 heteroatoms. The van der Waals surface area contributed by atoms with E-state index < -0.39 is 0 Å². The number of hydrogen-bond donors (Lipinski definition) is 2. The van der Waals surface area contributed by atoms with E-state index in [1.54, 1.807) is 18.2 Å². The summed E-state index contributed by atoms with van der Waals surface area (Å²) in [5, 5.41) is 5.84. The number of carbonyl (C=O) groups excluding carboxylic acids is 2. The number of anilines is 1. The summed E-state index contributed by atoms with van der Waals surface area (Å²) in [7, 11) is 0. The molecule has 154 valence electrons. The second-order valence-corrected chi connectivity index (χ2v) is 7.82. The zero-order chi connectivity index (χ0) is 20.6. The molecule has 2 aromatic rings. The van der Waals surface area contributed by atoms with Crippen molar-refractivity contribution < 1.29 is 9.59 Å². The molecule has 2 amide bonds. The molecule has 0 bridgehead atoms. The van der Waals surface area contributed by atoms with E-state index in [2.05, 4.69) is 15.5 Å². The van der Waals surface area contributed by atoms with Crippen molar-refractivity contribution in [2.24, 2.45) is 0 Å². The summed E-state index contributed by atoms with van der Waals surface area (Å²) in [5.41, 5.74) is 2.81. The van der Waals surface area contributed by atoms with Gasteiger partial charge in [0.15, 0.2) is 0 Å². The van der Waals surface area contributed by atoms with E-state index in [-0.39, 0.29) is 17.9 Å². The monoisotopic (exact) mass is 393 g/mol. The van der Waals surface area contributed by atoms with Gasteiger partial charge in [-0.3, -0.25) is 14.5 Å². The number of hydrogen-bond acceptors (Lipinski definition) is 3. The number of para-hydroxylation sites is 1. The lowest BCUT2D eigenvalue weighted by molar-refractivity contribution is 0.0940. The van der Waals surface area contributed by atoms with Crippen LogP contribution in [0.1, 0.15) is 65.8 Å². The molecule has 0 radical (unpaired) electrons. The van der Waals surface area contributed by atoms with Gasteiger partial charge in [0.1, 0.15) is 0 Å². The highest BCUT2D eigenvalue weighted by Crippen LogP contribution is 2.18. The maximum atomic E-state index is 12.7. The average Bonchev–Trinajstić information content (AvgIpc) is 2.75. The van der Waals surface area contributed by atoms with Gasteiger partial charge < -0.3 is 10.6 Å². The van der Waals surface area contributed by atoms with Crippen molar-refractivity contribution in [3.63, 3.8) is 0 Å². The minimum atomic E-state index is -0.210. The molecular weight excluding hydrogens is 362 g/mol. The Labute approximate surface area is 173 Å². The van der Waals surface area contributed by atoms with Crippen molar-refractivity contribution in [1.29, 1.82) is 0 Å². The number of benzene rings is 2. The molecule has 3 rings (SSSR count). The molecule has 1 aliphatic rings. The molecule has 5 nitrogen and oxygen atoms in total. The highest BCUT2D eigenvalue weighted by atomic mass is 16.2. The smallest absolute Gasteiger partial charge is 0.255 e. The Hall–Kier alpha value is -2.66. The van der Waals surface area contributed by atoms with Crippen LogP contribution in [0.2, 0.25) is 0 Å². The molecule has 0 saturated carbocycles. The van der Waals surface area contributed by atoms with Crippen LogP contribution in [0.4, 0.5) is 5.69 Å². The van der Waals surface area contributed by atoms with Crippen LogP contribution in [0.15, 0.2) is 48.5 Å². The third-order valence-electron chi connectivity index (χ3n) is 5.48. The van der Waals surface area contributed by atoms with Crippen molar-refractivity contribution >= 4 is 17.5 Å². The number of rotatable bonds is 7. The first kappa shape index (κ1) is 21.1. The van der Waals surface area contributed by atoms with Gasteiger partial charge in [0.05, 0.1) is 11.3 Å². The van der Waals surface area contributed by atoms with Crippen LogP contribution < -0.4 is 10.6 Å². The summed E-state index contributed by atoms with van der Waals surface area (Å²) in [4.78, 5) is 27.7. The second kappa shape index (κ2) is 10.2. The van der Waals surface area contributed by atoms with Crippen molar-refractivity contribution in [2.45, 2.75) is 52.1 Å². The van der Waals surface area contributed by atoms with E-state index in [9.17, 15) is 9.59 Å². The molecule has 1 heterocycles. The molecule has 0 aliphatic carbocycles. The molecule has 1 saturated heterocycles. The fraction of sp³-hybridized carbons (Fsp3) is 0.417. The van der Waals surface area contributed by atoms with E-state index in [4.69, 9.17) is 0 Å². The van der Waals surface area contributed by atoms with Gasteiger partial charge in [-0.1, -0.05) is 37.6 Å². The second-order valence-electron chi connectivity index (χ2n) is 7.82. The Morgan fingerprint density at radius 3 is 2.34 bits per heavy atom. The summed E-state index contributed by atoms with van der Waals surface area (Å²) >= 11 is 0. The molecule has 0 spiro atoms. The molecule has 1 aliphatic heterocycles. The Balaban J connectivity index is 1.65. The first-order valence-corrected chi connectivity index (χ1v) is 10.6. The number of nitrogens with zero attached hydrogens (tertiary/aromatic N) is 1. The van der Waals surface area contributed by atoms with Crippen LogP contribution in [0.3, 0.4) is 0 Å². The molecule has 0 aromatic heterocycles. The number of carbonyl (C=O) groups is 2. The maximum Gasteiger partial charge on any atom is 0.255 e. The van der Waals surface area contributed by atoms with E-state index in [1.807, 2.05) is 44.2 Å². The van der Waals surface area contributed by atoms with E-state index in [1.165, 1.54) is 24.8 Å². The van der Waals surface area contributed by atoms with Crippen LogP contribution >= 0.6 is 0 Å². The average molecular weight is 394 g/mol. The predicted octanol–water partition coefficient (Wildman–Crippen LogP) is 4.45. The third-order valence-corrected chi connectivity index (χ3v) is 5.48. The van der Waals surface area contributed by atoms with Crippen LogP contribution in [0.5, 0.6) is 0 Å². The zero-order valence-corrected chi connectivity index (χ0v) is 17.4. The third kappa shape index (κ3) is 5.91. The van der Waals surface area contributed by atoms with Gasteiger partial charge in [-0.05, 0) is 69.1 Å². The summed E-state index contributed by atoms with van der Waals surface area (Å²) in [5.74, 6) is -0.384. The fourth-order valence-electron chi connectivity index (χ4n) is 3.53. The lowest BCUT2D eigenvalue weighted by Gasteiger charge is -2.26. The summed E-state index contributed by atoms with van der Waals surface area (Å²) in [6.45, 7) is 7.22. The summed E-state index contributed by atoms with van der Waals surface area (Å²) in [6.07, 6.45) is 4.71. The summed E-state index contributed by atoms with van der Waals surface area (Å²) < 4.78 is 0. The van der Waals surface area contributed by atoms with Crippen LogP contribution in [-0.2, 0) is 6.54 Å². The lowest BCUT2D eigenvalue weighted by Crippen LogP contribution is -2.32. The first-order chi connectivity index (χ1) is 14.1. The van der Waals surface area contributed by atoms with Gasteiger partial charge in [-0.2, -0.15) is 0 Å². The van der Waals surface area contributed by atoms with Gasteiger partial charge in [0.25, 0.3) is 11.8 Å². The van der Waals surface area contributed by atoms with Crippen LogP contribution in [0, 0.1) is 0 Å². The molecular formula is C24H31N3O2. The van der Waals surface area contributed by atoms with Crippen molar-refractivity contribution in [1.82, 2.24) is 10.2 Å². The van der Waals surface area contributed by atoms with E-state index in [0.717, 1.165) is 26.1 Å². The number of piperidine rings is 1. The van der Waals surface area contributed by atoms with Gasteiger partial charge in [0, 0.05) is 18.2 Å².